The fourth-order valence-electron chi connectivity index (χ4n) is 3.74. The van der Waals surface area contributed by atoms with E-state index in [1.807, 2.05) is 0 Å². The lowest BCUT2D eigenvalue weighted by Crippen LogP contribution is -2.27. The summed E-state index contributed by atoms with van der Waals surface area (Å²) in [4.78, 5) is 21.8. The van der Waals surface area contributed by atoms with Gasteiger partial charge in [0.1, 0.15) is 11.9 Å². The number of aldehydes is 1. The minimum absolute atomic E-state index is 0.382. The third kappa shape index (κ3) is 8.06. The van der Waals surface area contributed by atoms with Gasteiger partial charge in [-0.1, -0.05) is 109 Å². The Morgan fingerprint density at radius 2 is 1.16 bits per heavy atom. The molecule has 190 valence electrons. The van der Waals surface area contributed by atoms with E-state index in [1.54, 1.807) is 45.0 Å². The number of hydrogen-bond donors (Lipinski definition) is 1. The molecule has 4 aromatic carbocycles. The summed E-state index contributed by atoms with van der Waals surface area (Å²) >= 11 is 0. The van der Waals surface area contributed by atoms with Gasteiger partial charge < -0.3 is 9.53 Å². The predicted molar refractivity (Wildman–Crippen MR) is 158 cm³/mol. The van der Waals surface area contributed by atoms with Crippen LogP contribution in [0, 0.1) is 0 Å². The first kappa shape index (κ1) is 27.7. The zero-order chi connectivity index (χ0) is 26.7. The molecular weight excluding hydrogens is 477 g/mol. The number of ether oxygens (including phenoxy) is 1. The highest BCUT2D eigenvalue weighted by Crippen LogP contribution is 2.41. The van der Waals surface area contributed by atoms with Gasteiger partial charge >= 0.3 is 6.09 Å². The normalized spacial score (nSPS) is 11.0. The van der Waals surface area contributed by atoms with Gasteiger partial charge in [0.05, 0.1) is 0 Å². The van der Waals surface area contributed by atoms with E-state index in [4.69, 9.17) is 11.0 Å². The average Bonchev–Trinajstić information content (AvgIpc) is 2.90. The maximum absolute atomic E-state index is 11.4. The van der Waals surface area contributed by atoms with Crippen LogP contribution >= 0.6 is 6.89 Å². The molecule has 4 aromatic rings. The van der Waals surface area contributed by atoms with E-state index in [0.717, 1.165) is 11.8 Å². The van der Waals surface area contributed by atoms with Crippen LogP contribution in [0.5, 0.6) is 0 Å². The molecule has 4 nitrogen and oxygen atoms in total. The predicted octanol–water partition coefficient (Wildman–Crippen LogP) is 6.19. The summed E-state index contributed by atoms with van der Waals surface area (Å²) in [6.07, 6.45) is 5.43. The number of rotatable bonds is 6. The minimum Gasteiger partial charge on any atom is -0.444 e. The zero-order valence-electron chi connectivity index (χ0n) is 21.6. The van der Waals surface area contributed by atoms with Crippen molar-refractivity contribution >= 4 is 47.2 Å². The molecule has 0 aliphatic rings. The van der Waals surface area contributed by atoms with Crippen molar-refractivity contribution < 1.29 is 14.3 Å². The molecule has 1 amide bonds. The molecular formula is C32H34NO3P. The molecule has 0 atom stereocenters. The second-order valence-corrected chi connectivity index (χ2v) is 12.7. The van der Waals surface area contributed by atoms with Gasteiger partial charge in [0, 0.05) is 12.1 Å². The summed E-state index contributed by atoms with van der Waals surface area (Å²) in [6.45, 7) is 3.64. The third-order valence-corrected chi connectivity index (χ3v) is 9.05. The smallest absolute Gasteiger partial charge is 0.412 e. The molecule has 1 N–H and O–H groups in total. The minimum atomic E-state index is -1.78. The summed E-state index contributed by atoms with van der Waals surface area (Å²) < 4.78 is 5.11. The van der Waals surface area contributed by atoms with E-state index in [0.29, 0.717) is 12.1 Å². The van der Waals surface area contributed by atoms with Gasteiger partial charge in [0.25, 0.3) is 0 Å². The molecule has 0 saturated carbocycles. The molecule has 0 saturated heterocycles. The number of nitrogens with one attached hydrogen (secondary N) is 1. The van der Waals surface area contributed by atoms with Gasteiger partial charge in [-0.3, -0.25) is 5.32 Å². The summed E-state index contributed by atoms with van der Waals surface area (Å²) in [6, 6.07) is 39.0. The molecule has 4 rings (SSSR count). The second kappa shape index (κ2) is 12.9. The standard InChI is InChI=1S/C19H17P.C13H17NO3/c1-20(17-11-5-2-6-12-17,18-13-7-3-8-14-18)19-15-9-4-10-16-19;1-13(2,3)17-12(16)14-11-6-4-10(5-7-11)8-9-15/h2-16H,1H2;4-7,9H,8H2,1-3H3,(H,14,16). The Balaban J connectivity index is 0.000000209. The maximum atomic E-state index is 11.4. The molecule has 0 fully saturated rings. The molecule has 0 spiro atoms. The van der Waals surface area contributed by atoms with Crippen molar-refractivity contribution in [3.63, 3.8) is 0 Å². The van der Waals surface area contributed by atoms with Crippen LogP contribution in [0.1, 0.15) is 26.3 Å². The first-order valence-electron chi connectivity index (χ1n) is 12.2. The lowest BCUT2D eigenvalue weighted by Gasteiger charge is -2.26. The van der Waals surface area contributed by atoms with Crippen LogP contribution in [-0.2, 0) is 16.0 Å². The molecule has 0 bridgehead atoms. The molecule has 37 heavy (non-hydrogen) atoms. The number of benzene rings is 4. The quantitative estimate of drug-likeness (QED) is 0.248. The Morgan fingerprint density at radius 3 is 1.51 bits per heavy atom. The van der Waals surface area contributed by atoms with Gasteiger partial charge in [0.2, 0.25) is 0 Å². The zero-order valence-corrected chi connectivity index (χ0v) is 22.5. The number of amides is 1. The third-order valence-electron chi connectivity index (χ3n) is 5.51. The molecule has 0 aliphatic carbocycles. The van der Waals surface area contributed by atoms with Gasteiger partial charge in [0.15, 0.2) is 0 Å². The average molecular weight is 512 g/mol. The molecule has 0 aliphatic heterocycles. The van der Waals surface area contributed by atoms with Crippen LogP contribution in [-0.4, -0.2) is 24.3 Å². The Morgan fingerprint density at radius 1 is 0.757 bits per heavy atom. The SMILES string of the molecule is C=P(c1ccccc1)(c1ccccc1)c1ccccc1.CC(C)(C)OC(=O)Nc1ccc(CC=O)cc1. The summed E-state index contributed by atoms with van der Waals surface area (Å²) in [7, 11) is 0. The van der Waals surface area contributed by atoms with Gasteiger partial charge in [-0.25, -0.2) is 4.79 Å². The van der Waals surface area contributed by atoms with Crippen LogP contribution < -0.4 is 21.2 Å². The summed E-state index contributed by atoms with van der Waals surface area (Å²) in [5, 5.41) is 6.57. The largest absolute Gasteiger partial charge is 0.444 e. The number of carbonyl (C=O) groups excluding carboxylic acids is 2. The van der Waals surface area contributed by atoms with E-state index < -0.39 is 18.6 Å². The summed E-state index contributed by atoms with van der Waals surface area (Å²) in [5.41, 5.74) is 1.05. The first-order chi connectivity index (χ1) is 17.7. The van der Waals surface area contributed by atoms with Crippen molar-refractivity contribution in [1.29, 1.82) is 0 Å². The van der Waals surface area contributed by atoms with E-state index in [2.05, 4.69) is 96.3 Å². The highest BCUT2D eigenvalue weighted by molar-refractivity contribution is 7.93. The molecule has 0 radical (unpaired) electrons. The van der Waals surface area contributed by atoms with Crippen LogP contribution in [0.4, 0.5) is 10.5 Å². The molecule has 0 unspecified atom stereocenters. The molecule has 0 aromatic heterocycles. The topological polar surface area (TPSA) is 55.4 Å². The van der Waals surface area contributed by atoms with Crippen molar-refractivity contribution in [3.8, 4) is 0 Å². The van der Waals surface area contributed by atoms with Crippen molar-refractivity contribution in [3.05, 3.63) is 121 Å². The number of hydrogen-bond acceptors (Lipinski definition) is 3. The van der Waals surface area contributed by atoms with E-state index in [1.165, 1.54) is 15.9 Å². The Labute approximate surface area is 220 Å². The lowest BCUT2D eigenvalue weighted by molar-refractivity contribution is -0.107. The van der Waals surface area contributed by atoms with Crippen molar-refractivity contribution in [1.82, 2.24) is 0 Å². The van der Waals surface area contributed by atoms with Crippen molar-refractivity contribution in [2.45, 2.75) is 32.8 Å². The van der Waals surface area contributed by atoms with Crippen LogP contribution in [0.3, 0.4) is 0 Å². The van der Waals surface area contributed by atoms with Crippen LogP contribution in [0.2, 0.25) is 0 Å². The van der Waals surface area contributed by atoms with E-state index in [9.17, 15) is 9.59 Å². The Bertz CT molecular complexity index is 1210. The summed E-state index contributed by atoms with van der Waals surface area (Å²) in [5.74, 6) is 0. The van der Waals surface area contributed by atoms with Crippen molar-refractivity contribution in [2.75, 3.05) is 5.32 Å². The number of anilines is 1. The van der Waals surface area contributed by atoms with Gasteiger partial charge in [-0.05, 0) is 61.3 Å². The number of carbonyl (C=O) groups is 2. The monoisotopic (exact) mass is 511 g/mol. The highest BCUT2D eigenvalue weighted by atomic mass is 31.2. The highest BCUT2D eigenvalue weighted by Gasteiger charge is 2.21. The fourth-order valence-corrected chi connectivity index (χ4v) is 6.67. The second-order valence-electron chi connectivity index (χ2n) is 9.51. The van der Waals surface area contributed by atoms with E-state index >= 15 is 0 Å². The molecule has 0 heterocycles. The first-order valence-corrected chi connectivity index (χ1v) is 14.1. The fraction of sp³-hybridized carbons (Fsp3) is 0.156. The Kier molecular flexibility index (Phi) is 9.65. The van der Waals surface area contributed by atoms with Crippen molar-refractivity contribution in [2.24, 2.45) is 0 Å². The Hall–Kier alpha value is -3.88. The van der Waals surface area contributed by atoms with Gasteiger partial charge in [-0.15, -0.1) is 0 Å². The van der Waals surface area contributed by atoms with Gasteiger partial charge in [-0.2, -0.15) is 0 Å². The molecule has 5 heteroatoms. The van der Waals surface area contributed by atoms with Crippen LogP contribution in [0.25, 0.3) is 0 Å². The van der Waals surface area contributed by atoms with E-state index in [-0.39, 0.29) is 0 Å². The lowest BCUT2D eigenvalue weighted by atomic mass is 10.1. The maximum Gasteiger partial charge on any atom is 0.412 e. The van der Waals surface area contributed by atoms with Crippen LogP contribution in [0.15, 0.2) is 115 Å².